The Morgan fingerprint density at radius 3 is 1.52 bits per heavy atom. The van der Waals surface area contributed by atoms with Crippen molar-refractivity contribution in [1.29, 1.82) is 0 Å². The van der Waals surface area contributed by atoms with Crippen molar-refractivity contribution >= 4 is 0 Å². The van der Waals surface area contributed by atoms with Crippen LogP contribution in [0.1, 0.15) is 65.2 Å². The van der Waals surface area contributed by atoms with Gasteiger partial charge in [0.25, 0.3) is 0 Å². The molecule has 0 radical (unpaired) electrons. The fraction of sp³-hybridized carbons (Fsp3) is 0.455. The maximum Gasteiger partial charge on any atom is 0.123 e. The lowest BCUT2D eigenvalue weighted by atomic mass is 9.77. The van der Waals surface area contributed by atoms with Crippen molar-refractivity contribution < 1.29 is 5.11 Å². The van der Waals surface area contributed by atoms with Crippen molar-refractivity contribution in [3.8, 4) is 16.9 Å². The molecular weight excluding hydrogens is 280 g/mol. The van der Waals surface area contributed by atoms with Crippen molar-refractivity contribution in [1.82, 2.24) is 0 Å². The summed E-state index contributed by atoms with van der Waals surface area (Å²) in [7, 11) is 0. The molecule has 0 saturated carbocycles. The van der Waals surface area contributed by atoms with Gasteiger partial charge in [0.05, 0.1) is 0 Å². The Kier molecular flexibility index (Phi) is 4.61. The van der Waals surface area contributed by atoms with E-state index >= 15 is 0 Å². The first kappa shape index (κ1) is 17.6. The average molecular weight is 310 g/mol. The predicted octanol–water partition coefficient (Wildman–Crippen LogP) is 6.22. The Morgan fingerprint density at radius 1 is 0.739 bits per heavy atom. The number of phenols is 1. The van der Waals surface area contributed by atoms with Gasteiger partial charge >= 0.3 is 0 Å². The van der Waals surface area contributed by atoms with E-state index in [1.165, 1.54) is 16.7 Å². The third-order valence-electron chi connectivity index (χ3n) is 4.42. The Hall–Kier alpha value is -1.76. The van der Waals surface area contributed by atoms with Gasteiger partial charge in [-0.05, 0) is 46.1 Å². The van der Waals surface area contributed by atoms with Crippen LogP contribution in [0.25, 0.3) is 11.1 Å². The number of hydrogen-bond acceptors (Lipinski definition) is 1. The van der Waals surface area contributed by atoms with E-state index in [0.717, 1.165) is 17.5 Å². The highest BCUT2D eigenvalue weighted by Gasteiger charge is 2.26. The van der Waals surface area contributed by atoms with Gasteiger partial charge < -0.3 is 5.11 Å². The lowest BCUT2D eigenvalue weighted by molar-refractivity contribution is 0.423. The molecule has 124 valence electrons. The molecule has 0 heterocycles. The zero-order valence-corrected chi connectivity index (χ0v) is 15.6. The Balaban J connectivity index is 2.68. The number of hydrogen-bond donors (Lipinski definition) is 1. The van der Waals surface area contributed by atoms with Crippen LogP contribution in [0, 0.1) is 0 Å². The molecule has 0 bridgehead atoms. The molecule has 2 aromatic carbocycles. The number of rotatable bonds is 2. The molecule has 1 nitrogen and oxygen atoms in total. The summed E-state index contributed by atoms with van der Waals surface area (Å²) in [5.41, 5.74) is 5.57. The summed E-state index contributed by atoms with van der Waals surface area (Å²) >= 11 is 0. The van der Waals surface area contributed by atoms with Gasteiger partial charge in [0.2, 0.25) is 0 Å². The molecule has 1 heteroatoms. The molecule has 0 fully saturated rings. The zero-order valence-electron chi connectivity index (χ0n) is 15.6. The van der Waals surface area contributed by atoms with Crippen molar-refractivity contribution in [2.75, 3.05) is 0 Å². The molecule has 0 unspecified atom stereocenters. The summed E-state index contributed by atoms with van der Waals surface area (Å²) in [6.07, 6.45) is 1.05. The van der Waals surface area contributed by atoms with Crippen LogP contribution in [0.2, 0.25) is 0 Å². The molecule has 2 aromatic rings. The quantitative estimate of drug-likeness (QED) is 0.698. The predicted molar refractivity (Wildman–Crippen MR) is 100 cm³/mol. The normalized spacial score (nSPS) is 12.5. The molecule has 1 N–H and O–H groups in total. The van der Waals surface area contributed by atoms with E-state index in [1.54, 1.807) is 0 Å². The lowest BCUT2D eigenvalue weighted by Crippen LogP contribution is -2.17. The van der Waals surface area contributed by atoms with Crippen LogP contribution in [0.5, 0.6) is 5.75 Å². The SMILES string of the molecule is CCc1ccc(-c2cc(C(C)(C)C)c(O)c(C(C)(C)C)c2)cc1. The summed E-state index contributed by atoms with van der Waals surface area (Å²) < 4.78 is 0. The molecule has 2 rings (SSSR count). The third-order valence-corrected chi connectivity index (χ3v) is 4.42. The summed E-state index contributed by atoms with van der Waals surface area (Å²) in [6.45, 7) is 15.1. The minimum atomic E-state index is -0.0938. The van der Waals surface area contributed by atoms with E-state index in [0.29, 0.717) is 5.75 Å². The summed E-state index contributed by atoms with van der Waals surface area (Å²) in [4.78, 5) is 0. The van der Waals surface area contributed by atoms with E-state index in [9.17, 15) is 5.11 Å². The van der Waals surface area contributed by atoms with E-state index in [-0.39, 0.29) is 10.8 Å². The highest BCUT2D eigenvalue weighted by Crippen LogP contribution is 2.41. The second-order valence-electron chi connectivity index (χ2n) is 8.47. The van der Waals surface area contributed by atoms with Crippen LogP contribution in [-0.4, -0.2) is 5.11 Å². The van der Waals surface area contributed by atoms with Gasteiger partial charge in [-0.15, -0.1) is 0 Å². The molecule has 0 aliphatic heterocycles. The number of phenolic OH excluding ortho intramolecular Hbond substituents is 1. The first-order valence-corrected chi connectivity index (χ1v) is 8.51. The second kappa shape index (κ2) is 6.03. The van der Waals surface area contributed by atoms with Crippen LogP contribution in [0.3, 0.4) is 0 Å². The first-order chi connectivity index (χ1) is 10.5. The molecule has 0 spiro atoms. The molecule has 0 atom stereocenters. The van der Waals surface area contributed by atoms with E-state index in [4.69, 9.17) is 0 Å². The van der Waals surface area contributed by atoms with Gasteiger partial charge in [0.1, 0.15) is 5.75 Å². The van der Waals surface area contributed by atoms with Gasteiger partial charge in [-0.3, -0.25) is 0 Å². The van der Waals surface area contributed by atoms with Gasteiger partial charge in [-0.2, -0.15) is 0 Å². The van der Waals surface area contributed by atoms with Gasteiger partial charge in [0, 0.05) is 11.1 Å². The van der Waals surface area contributed by atoms with Crippen molar-refractivity contribution in [2.24, 2.45) is 0 Å². The zero-order chi connectivity index (χ0) is 17.4. The molecule has 0 aromatic heterocycles. The maximum atomic E-state index is 10.8. The first-order valence-electron chi connectivity index (χ1n) is 8.51. The number of aryl methyl sites for hydroxylation is 1. The van der Waals surface area contributed by atoms with Crippen LogP contribution in [0.4, 0.5) is 0 Å². The standard InChI is InChI=1S/C22H30O/c1-8-15-9-11-16(12-10-15)17-13-18(21(2,3)4)20(23)19(14-17)22(5,6)7/h9-14,23H,8H2,1-7H3. The Morgan fingerprint density at radius 2 is 1.17 bits per heavy atom. The van der Waals surface area contributed by atoms with Crippen molar-refractivity contribution in [2.45, 2.75) is 65.7 Å². The van der Waals surface area contributed by atoms with E-state index in [2.05, 4.69) is 84.9 Å². The third kappa shape index (κ3) is 3.77. The van der Waals surface area contributed by atoms with Gasteiger partial charge in [-0.1, -0.05) is 72.7 Å². The molecule has 0 aliphatic rings. The Labute approximate surface area is 141 Å². The highest BCUT2D eigenvalue weighted by atomic mass is 16.3. The lowest BCUT2D eigenvalue weighted by Gasteiger charge is -2.28. The van der Waals surface area contributed by atoms with Crippen LogP contribution < -0.4 is 0 Å². The molecule has 0 saturated heterocycles. The Bertz CT molecular complexity index is 644. The number of aromatic hydroxyl groups is 1. The molecular formula is C22H30O. The minimum Gasteiger partial charge on any atom is -0.507 e. The van der Waals surface area contributed by atoms with Crippen LogP contribution in [0.15, 0.2) is 36.4 Å². The second-order valence-corrected chi connectivity index (χ2v) is 8.47. The molecule has 0 aliphatic carbocycles. The smallest absolute Gasteiger partial charge is 0.123 e. The van der Waals surface area contributed by atoms with Crippen LogP contribution >= 0.6 is 0 Å². The average Bonchev–Trinajstić information content (AvgIpc) is 2.45. The van der Waals surface area contributed by atoms with Gasteiger partial charge in [-0.25, -0.2) is 0 Å². The number of benzene rings is 2. The summed E-state index contributed by atoms with van der Waals surface area (Å²) in [5, 5.41) is 10.8. The monoisotopic (exact) mass is 310 g/mol. The topological polar surface area (TPSA) is 20.2 Å². The fourth-order valence-electron chi connectivity index (χ4n) is 2.88. The summed E-state index contributed by atoms with van der Waals surface area (Å²) in [5.74, 6) is 0.443. The minimum absolute atomic E-state index is 0.0938. The van der Waals surface area contributed by atoms with E-state index in [1.807, 2.05) is 0 Å². The molecule has 23 heavy (non-hydrogen) atoms. The van der Waals surface area contributed by atoms with Gasteiger partial charge in [0.15, 0.2) is 0 Å². The summed E-state index contributed by atoms with van der Waals surface area (Å²) in [6, 6.07) is 13.0. The van der Waals surface area contributed by atoms with Crippen LogP contribution in [-0.2, 0) is 17.3 Å². The van der Waals surface area contributed by atoms with Crippen molar-refractivity contribution in [3.63, 3.8) is 0 Å². The highest BCUT2D eigenvalue weighted by molar-refractivity contribution is 5.69. The van der Waals surface area contributed by atoms with E-state index < -0.39 is 0 Å². The van der Waals surface area contributed by atoms with Crippen molar-refractivity contribution in [3.05, 3.63) is 53.1 Å². The largest absolute Gasteiger partial charge is 0.507 e. The maximum absolute atomic E-state index is 10.8. The fourth-order valence-corrected chi connectivity index (χ4v) is 2.88. The molecule has 0 amide bonds.